The molecule has 0 spiro atoms. The van der Waals surface area contributed by atoms with Crippen molar-refractivity contribution in [2.75, 3.05) is 13.7 Å². The molecule has 174 valence electrons. The molecule has 1 aromatic carbocycles. The Hall–Kier alpha value is -2.87. The topological polar surface area (TPSA) is 75.6 Å². The Bertz CT molecular complexity index is 861. The third kappa shape index (κ3) is 8.34. The summed E-state index contributed by atoms with van der Waals surface area (Å²) in [5.74, 6) is -0.430. The van der Waals surface area contributed by atoms with Crippen molar-refractivity contribution < 1.29 is 32.6 Å². The summed E-state index contributed by atoms with van der Waals surface area (Å²) in [4.78, 5) is 23.3. The van der Waals surface area contributed by atoms with Gasteiger partial charge < -0.3 is 15.2 Å². The Balaban J connectivity index is 1.81. The first-order valence-electron chi connectivity index (χ1n) is 10.4. The Morgan fingerprint density at radius 3 is 2.81 bits per heavy atom. The minimum Gasteiger partial charge on any atom is -0.491 e. The zero-order valence-corrected chi connectivity index (χ0v) is 17.8. The normalized spacial score (nSPS) is 19.7. The summed E-state index contributed by atoms with van der Waals surface area (Å²) >= 11 is 0. The van der Waals surface area contributed by atoms with Crippen LogP contribution in [-0.2, 0) is 15.8 Å². The molecule has 0 aromatic heterocycles. The molecule has 32 heavy (non-hydrogen) atoms. The molecule has 1 aliphatic rings. The van der Waals surface area contributed by atoms with Gasteiger partial charge in [0, 0.05) is 25.3 Å². The van der Waals surface area contributed by atoms with Gasteiger partial charge in [0.2, 0.25) is 5.91 Å². The second-order valence-electron chi connectivity index (χ2n) is 7.51. The number of halogens is 3. The number of alkyl halides is 3. The molecule has 0 bridgehead atoms. The summed E-state index contributed by atoms with van der Waals surface area (Å²) in [6.45, 7) is -0.210. The number of unbranched alkanes of at least 4 members (excludes halogenated alkanes) is 1. The van der Waals surface area contributed by atoms with Crippen molar-refractivity contribution in [2.45, 2.75) is 38.0 Å². The highest BCUT2D eigenvalue weighted by Gasteiger charge is 2.30. The second-order valence-corrected chi connectivity index (χ2v) is 7.51. The van der Waals surface area contributed by atoms with Gasteiger partial charge in [-0.15, -0.1) is 0 Å². The minimum absolute atomic E-state index is 0.00404. The van der Waals surface area contributed by atoms with Crippen molar-refractivity contribution >= 4 is 11.7 Å². The number of nitrogens with one attached hydrogen (secondary N) is 1. The average molecular weight is 451 g/mol. The first kappa shape index (κ1) is 25.4. The molecule has 5 nitrogen and oxygen atoms in total. The zero-order valence-electron chi connectivity index (χ0n) is 17.8. The molecule has 2 N–H and O–H groups in total. The van der Waals surface area contributed by atoms with E-state index in [0.717, 1.165) is 25.0 Å². The number of benzene rings is 1. The zero-order chi connectivity index (χ0) is 23.6. The van der Waals surface area contributed by atoms with Crippen molar-refractivity contribution in [3.63, 3.8) is 0 Å². The molecule has 1 amide bonds. The van der Waals surface area contributed by atoms with Crippen molar-refractivity contribution in [2.24, 2.45) is 11.8 Å². The minimum atomic E-state index is -4.47. The van der Waals surface area contributed by atoms with Crippen LogP contribution in [0.4, 0.5) is 13.2 Å². The fraction of sp³-hybridized carbons (Fsp3) is 0.417. The maximum Gasteiger partial charge on any atom is 0.416 e. The quantitative estimate of drug-likeness (QED) is 0.390. The predicted molar refractivity (Wildman–Crippen MR) is 115 cm³/mol. The number of ketones is 1. The highest BCUT2D eigenvalue weighted by molar-refractivity contribution is 5.95. The van der Waals surface area contributed by atoms with Crippen LogP contribution in [0.1, 0.15) is 31.2 Å². The monoisotopic (exact) mass is 451 g/mol. The summed E-state index contributed by atoms with van der Waals surface area (Å²) in [5, 5.41) is 12.7. The summed E-state index contributed by atoms with van der Waals surface area (Å²) in [5.41, 5.74) is -0.820. The molecule has 3 atom stereocenters. The van der Waals surface area contributed by atoms with Gasteiger partial charge in [-0.05, 0) is 43.5 Å². The predicted octanol–water partition coefficient (Wildman–Crippen LogP) is 4.24. The van der Waals surface area contributed by atoms with Crippen molar-refractivity contribution in [1.29, 1.82) is 0 Å². The summed E-state index contributed by atoms with van der Waals surface area (Å²) in [6.07, 6.45) is 7.33. The van der Waals surface area contributed by atoms with E-state index in [1.807, 2.05) is 12.2 Å². The molecule has 0 aliphatic heterocycles. The molecule has 2 rings (SSSR count). The number of amides is 1. The lowest BCUT2D eigenvalue weighted by atomic mass is 9.90. The number of carbonyl (C=O) groups excluding carboxylic acids is 2. The number of hydrogen-bond donors (Lipinski definition) is 2. The van der Waals surface area contributed by atoms with Crippen LogP contribution in [0.25, 0.3) is 0 Å². The van der Waals surface area contributed by atoms with Crippen molar-refractivity contribution in [3.8, 4) is 5.75 Å². The number of aliphatic hydroxyl groups is 1. The Labute approximate surface area is 185 Å². The van der Waals surface area contributed by atoms with Crippen LogP contribution in [0, 0.1) is 11.8 Å². The molecule has 0 radical (unpaired) electrons. The molecule has 0 heterocycles. The number of aliphatic hydroxyl groups excluding tert-OH is 1. The number of hydrogen-bond acceptors (Lipinski definition) is 4. The largest absolute Gasteiger partial charge is 0.491 e. The van der Waals surface area contributed by atoms with Gasteiger partial charge in [0.05, 0.1) is 5.56 Å². The van der Waals surface area contributed by atoms with E-state index in [4.69, 9.17) is 4.74 Å². The van der Waals surface area contributed by atoms with E-state index in [-0.39, 0.29) is 35.9 Å². The van der Waals surface area contributed by atoms with Gasteiger partial charge >= 0.3 is 6.18 Å². The fourth-order valence-electron chi connectivity index (χ4n) is 3.25. The summed E-state index contributed by atoms with van der Waals surface area (Å²) in [6, 6.07) is 4.46. The van der Waals surface area contributed by atoms with E-state index in [0.29, 0.717) is 12.8 Å². The summed E-state index contributed by atoms with van der Waals surface area (Å²) in [7, 11) is 1.60. The van der Waals surface area contributed by atoms with E-state index in [2.05, 4.69) is 5.32 Å². The molecule has 1 aliphatic carbocycles. The van der Waals surface area contributed by atoms with Gasteiger partial charge in [-0.3, -0.25) is 9.59 Å². The maximum absolute atomic E-state index is 12.8. The van der Waals surface area contributed by atoms with E-state index in [9.17, 15) is 27.9 Å². The smallest absolute Gasteiger partial charge is 0.416 e. The van der Waals surface area contributed by atoms with Gasteiger partial charge in [-0.1, -0.05) is 36.4 Å². The highest BCUT2D eigenvalue weighted by Crippen LogP contribution is 2.31. The number of allylic oxidation sites excluding steroid dienone is 5. The van der Waals surface area contributed by atoms with Crippen molar-refractivity contribution in [1.82, 2.24) is 5.32 Å². The standard InChI is InChI=1S/C24H28F3NO4/c1-28-23(31)10-5-3-2-4-9-21-17(12-14-22(21)30)11-13-19(29)16-32-20-8-6-7-18(15-20)24(25,26)27/h2,4,6-8,11-15,17,19,21,29H,3,5,9-10,16H2,1H3,(H,28,31)/t17-,19+,21+/m0/s1. The lowest BCUT2D eigenvalue weighted by molar-refractivity contribution is -0.137. The van der Waals surface area contributed by atoms with Crippen LogP contribution in [0.15, 0.2) is 60.7 Å². The van der Waals surface area contributed by atoms with Gasteiger partial charge in [-0.2, -0.15) is 13.2 Å². The maximum atomic E-state index is 12.8. The highest BCUT2D eigenvalue weighted by atomic mass is 19.4. The Kier molecular flexibility index (Phi) is 9.71. The van der Waals surface area contributed by atoms with Gasteiger partial charge in [0.1, 0.15) is 18.5 Å². The fourth-order valence-corrected chi connectivity index (χ4v) is 3.25. The second kappa shape index (κ2) is 12.2. The lowest BCUT2D eigenvalue weighted by Gasteiger charge is -2.14. The molecule has 0 saturated carbocycles. The van der Waals surface area contributed by atoms with Crippen molar-refractivity contribution in [3.05, 3.63) is 66.3 Å². The molecule has 8 heteroatoms. The van der Waals surface area contributed by atoms with Crippen LogP contribution in [-0.4, -0.2) is 36.6 Å². The lowest BCUT2D eigenvalue weighted by Crippen LogP contribution is -2.17. The first-order chi connectivity index (χ1) is 15.2. The molecule has 0 fully saturated rings. The van der Waals surface area contributed by atoms with Gasteiger partial charge in [0.25, 0.3) is 0 Å². The van der Waals surface area contributed by atoms with Gasteiger partial charge in [-0.25, -0.2) is 0 Å². The molecule has 0 saturated heterocycles. The third-order valence-corrected chi connectivity index (χ3v) is 5.06. The van der Waals surface area contributed by atoms with Crippen LogP contribution in [0.2, 0.25) is 0 Å². The molecular weight excluding hydrogens is 423 g/mol. The third-order valence-electron chi connectivity index (χ3n) is 5.06. The van der Waals surface area contributed by atoms with Crippen LogP contribution < -0.4 is 10.1 Å². The summed E-state index contributed by atoms with van der Waals surface area (Å²) < 4.78 is 43.5. The van der Waals surface area contributed by atoms with E-state index >= 15 is 0 Å². The SMILES string of the molecule is CNC(=O)CCCC=CC[C@H]1C(=O)C=C[C@@H]1C=C[C@@H](O)COc1cccc(C(F)(F)F)c1. The molecule has 1 aromatic rings. The number of rotatable bonds is 11. The van der Waals surface area contributed by atoms with Crippen LogP contribution >= 0.6 is 0 Å². The van der Waals surface area contributed by atoms with Crippen LogP contribution in [0.3, 0.4) is 0 Å². The molecular formula is C24H28F3NO4. The number of carbonyl (C=O) groups is 2. The van der Waals surface area contributed by atoms with E-state index in [1.54, 1.807) is 19.2 Å². The van der Waals surface area contributed by atoms with Crippen LogP contribution in [0.5, 0.6) is 5.75 Å². The Morgan fingerprint density at radius 2 is 2.09 bits per heavy atom. The Morgan fingerprint density at radius 1 is 1.31 bits per heavy atom. The number of ether oxygens (including phenoxy) is 1. The molecule has 0 unspecified atom stereocenters. The first-order valence-corrected chi connectivity index (χ1v) is 10.4. The van der Waals surface area contributed by atoms with E-state index < -0.39 is 17.8 Å². The average Bonchev–Trinajstić information content (AvgIpc) is 3.11. The van der Waals surface area contributed by atoms with E-state index in [1.165, 1.54) is 24.3 Å². The van der Waals surface area contributed by atoms with Gasteiger partial charge in [0.15, 0.2) is 5.78 Å².